The summed E-state index contributed by atoms with van der Waals surface area (Å²) >= 11 is 0. The number of halogens is 3. The van der Waals surface area contributed by atoms with E-state index >= 15 is 0 Å². The number of nitrogens with two attached hydrogens (primary N) is 1. The highest BCUT2D eigenvalue weighted by molar-refractivity contribution is 6.15. The molecule has 0 unspecified atom stereocenters. The topological polar surface area (TPSA) is 85.8 Å². The Balaban J connectivity index is 1.39. The number of benzene rings is 2. The third kappa shape index (κ3) is 4.88. The van der Waals surface area contributed by atoms with Crippen LogP contribution in [0.15, 0.2) is 65.1 Å². The lowest BCUT2D eigenvalue weighted by Crippen LogP contribution is -2.10. The first-order chi connectivity index (χ1) is 14.8. The predicted octanol–water partition coefficient (Wildman–Crippen LogP) is 4.97. The average molecular weight is 425 g/mol. The lowest BCUT2D eigenvalue weighted by molar-refractivity contribution is -0.138. The number of aromatic nitrogens is 2. The molecule has 0 spiro atoms. The van der Waals surface area contributed by atoms with Crippen molar-refractivity contribution < 1.29 is 17.9 Å². The van der Waals surface area contributed by atoms with Crippen molar-refractivity contribution in [3.63, 3.8) is 0 Å². The van der Waals surface area contributed by atoms with Crippen molar-refractivity contribution >= 4 is 17.2 Å². The molecule has 1 aliphatic rings. The van der Waals surface area contributed by atoms with Gasteiger partial charge in [0.15, 0.2) is 0 Å². The van der Waals surface area contributed by atoms with E-state index in [0.717, 1.165) is 11.3 Å². The standard InChI is InChI=1S/C22H18F3N5O/c1-13-2-3-14(9-18(13)22(23,24)25)8-16-10-19(30-29-16)15-4-6-17(7-5-15)31-21-11-20(26)27-12-28-21/h2-7,9,11-12H,8,10H2,1H3,(H2,26,27,28). The summed E-state index contributed by atoms with van der Waals surface area (Å²) in [5.41, 5.74) is 8.06. The van der Waals surface area contributed by atoms with Gasteiger partial charge in [0.1, 0.15) is 17.9 Å². The molecule has 2 heterocycles. The zero-order chi connectivity index (χ0) is 22.0. The van der Waals surface area contributed by atoms with Gasteiger partial charge in [0.2, 0.25) is 5.88 Å². The SMILES string of the molecule is Cc1ccc(CC2=NN=C(c3ccc(Oc4cc(N)ncn4)cc3)C2)cc1C(F)(F)F. The van der Waals surface area contributed by atoms with Crippen LogP contribution in [-0.2, 0) is 12.6 Å². The first-order valence-electron chi connectivity index (χ1n) is 9.43. The Bertz CT molecular complexity index is 1170. The largest absolute Gasteiger partial charge is 0.439 e. The number of hydrogen-bond acceptors (Lipinski definition) is 6. The highest BCUT2D eigenvalue weighted by Crippen LogP contribution is 2.32. The van der Waals surface area contributed by atoms with Gasteiger partial charge >= 0.3 is 6.18 Å². The molecule has 0 radical (unpaired) electrons. The third-order valence-corrected chi connectivity index (χ3v) is 4.77. The summed E-state index contributed by atoms with van der Waals surface area (Å²) in [4.78, 5) is 7.79. The van der Waals surface area contributed by atoms with Crippen LogP contribution in [0, 0.1) is 6.92 Å². The van der Waals surface area contributed by atoms with Gasteiger partial charge < -0.3 is 10.5 Å². The van der Waals surface area contributed by atoms with Crippen molar-refractivity contribution in [2.24, 2.45) is 10.2 Å². The highest BCUT2D eigenvalue weighted by atomic mass is 19.4. The van der Waals surface area contributed by atoms with Crippen LogP contribution in [0.4, 0.5) is 19.0 Å². The van der Waals surface area contributed by atoms with Crippen molar-refractivity contribution in [3.05, 3.63) is 77.1 Å². The number of anilines is 1. The molecule has 0 aliphatic carbocycles. The van der Waals surface area contributed by atoms with Crippen LogP contribution in [0.25, 0.3) is 0 Å². The van der Waals surface area contributed by atoms with E-state index in [1.165, 1.54) is 31.5 Å². The monoisotopic (exact) mass is 425 g/mol. The van der Waals surface area contributed by atoms with Gasteiger partial charge in [-0.2, -0.15) is 23.4 Å². The van der Waals surface area contributed by atoms with Crippen LogP contribution in [0.5, 0.6) is 11.6 Å². The molecule has 0 saturated heterocycles. The van der Waals surface area contributed by atoms with Gasteiger partial charge in [-0.25, -0.2) is 9.97 Å². The quantitative estimate of drug-likeness (QED) is 0.625. The molecular formula is C22H18F3N5O. The van der Waals surface area contributed by atoms with E-state index in [1.807, 2.05) is 12.1 Å². The highest BCUT2D eigenvalue weighted by Gasteiger charge is 2.32. The Morgan fingerprint density at radius 3 is 2.48 bits per heavy atom. The van der Waals surface area contributed by atoms with Crippen LogP contribution in [-0.4, -0.2) is 21.4 Å². The van der Waals surface area contributed by atoms with Crippen molar-refractivity contribution in [1.82, 2.24) is 9.97 Å². The fraction of sp³-hybridized carbons (Fsp3) is 0.182. The fourth-order valence-corrected chi connectivity index (χ4v) is 3.22. The number of rotatable bonds is 5. The number of alkyl halides is 3. The Morgan fingerprint density at radius 2 is 1.77 bits per heavy atom. The number of aryl methyl sites for hydroxylation is 1. The zero-order valence-corrected chi connectivity index (χ0v) is 16.5. The van der Waals surface area contributed by atoms with E-state index in [-0.39, 0.29) is 5.56 Å². The number of hydrogen-bond donors (Lipinski definition) is 1. The maximum atomic E-state index is 13.1. The molecule has 2 N–H and O–H groups in total. The van der Waals surface area contributed by atoms with Crippen LogP contribution in [0.2, 0.25) is 0 Å². The van der Waals surface area contributed by atoms with Crippen molar-refractivity contribution in [2.75, 3.05) is 5.73 Å². The predicted molar refractivity (Wildman–Crippen MR) is 111 cm³/mol. The molecule has 1 aliphatic heterocycles. The minimum Gasteiger partial charge on any atom is -0.439 e. The summed E-state index contributed by atoms with van der Waals surface area (Å²) in [6.07, 6.45) is -2.28. The minimum absolute atomic E-state index is 0.202. The fourth-order valence-electron chi connectivity index (χ4n) is 3.22. The Kier molecular flexibility index (Phi) is 5.41. The number of nitrogens with zero attached hydrogens (tertiary/aromatic N) is 4. The van der Waals surface area contributed by atoms with Gasteiger partial charge in [0.25, 0.3) is 0 Å². The molecule has 31 heavy (non-hydrogen) atoms. The molecular weight excluding hydrogens is 407 g/mol. The maximum absolute atomic E-state index is 13.1. The molecule has 0 amide bonds. The van der Waals surface area contributed by atoms with Crippen LogP contribution in [0.3, 0.4) is 0 Å². The maximum Gasteiger partial charge on any atom is 0.416 e. The van der Waals surface area contributed by atoms with Gasteiger partial charge in [0, 0.05) is 18.9 Å². The van der Waals surface area contributed by atoms with Crippen molar-refractivity contribution in [3.8, 4) is 11.6 Å². The van der Waals surface area contributed by atoms with Crippen LogP contribution < -0.4 is 10.5 Å². The van der Waals surface area contributed by atoms with Gasteiger partial charge in [0.05, 0.1) is 17.0 Å². The van der Waals surface area contributed by atoms with Crippen molar-refractivity contribution in [1.29, 1.82) is 0 Å². The second-order valence-electron chi connectivity index (χ2n) is 7.12. The summed E-state index contributed by atoms with van der Waals surface area (Å²) in [6, 6.07) is 13.1. The van der Waals surface area contributed by atoms with E-state index < -0.39 is 11.7 Å². The average Bonchev–Trinajstić information content (AvgIpc) is 3.18. The summed E-state index contributed by atoms with van der Waals surface area (Å²) in [5, 5.41) is 8.37. The van der Waals surface area contributed by atoms with Gasteiger partial charge in [-0.05, 0) is 53.9 Å². The van der Waals surface area contributed by atoms with Gasteiger partial charge in [-0.15, -0.1) is 0 Å². The number of ether oxygens (including phenoxy) is 1. The lowest BCUT2D eigenvalue weighted by Gasteiger charge is -2.12. The molecule has 0 bridgehead atoms. The second-order valence-corrected chi connectivity index (χ2v) is 7.12. The molecule has 4 rings (SSSR count). The Morgan fingerprint density at radius 1 is 1.00 bits per heavy atom. The first-order valence-corrected chi connectivity index (χ1v) is 9.43. The normalized spacial score (nSPS) is 13.7. The summed E-state index contributed by atoms with van der Waals surface area (Å²) < 4.78 is 45.1. The Hall–Kier alpha value is -3.75. The van der Waals surface area contributed by atoms with E-state index in [9.17, 15) is 13.2 Å². The molecule has 0 atom stereocenters. The van der Waals surface area contributed by atoms with Crippen LogP contribution >= 0.6 is 0 Å². The summed E-state index contributed by atoms with van der Waals surface area (Å²) in [6.45, 7) is 1.45. The minimum atomic E-state index is -4.37. The molecule has 9 heteroatoms. The van der Waals surface area contributed by atoms with Gasteiger partial charge in [-0.3, -0.25) is 0 Å². The first kappa shape index (κ1) is 20.5. The summed E-state index contributed by atoms with van der Waals surface area (Å²) in [5.74, 6) is 1.21. The van der Waals surface area contributed by atoms with Crippen LogP contribution in [0.1, 0.15) is 28.7 Å². The molecule has 6 nitrogen and oxygen atoms in total. The Labute approximate surface area is 176 Å². The zero-order valence-electron chi connectivity index (χ0n) is 16.5. The third-order valence-electron chi connectivity index (χ3n) is 4.77. The van der Waals surface area contributed by atoms with E-state index in [0.29, 0.717) is 41.6 Å². The molecule has 0 fully saturated rings. The van der Waals surface area contributed by atoms with E-state index in [1.54, 1.807) is 18.2 Å². The van der Waals surface area contributed by atoms with Crippen molar-refractivity contribution in [2.45, 2.75) is 25.9 Å². The molecule has 0 saturated carbocycles. The molecule has 2 aromatic carbocycles. The lowest BCUT2D eigenvalue weighted by atomic mass is 9.98. The van der Waals surface area contributed by atoms with E-state index in [4.69, 9.17) is 10.5 Å². The smallest absolute Gasteiger partial charge is 0.416 e. The molecule has 1 aromatic heterocycles. The molecule has 158 valence electrons. The number of nitrogen functional groups attached to an aromatic ring is 1. The van der Waals surface area contributed by atoms with Gasteiger partial charge in [-0.1, -0.05) is 12.1 Å². The van der Waals surface area contributed by atoms with E-state index in [2.05, 4.69) is 20.2 Å². The summed E-state index contributed by atoms with van der Waals surface area (Å²) in [7, 11) is 0. The molecule has 3 aromatic rings. The second kappa shape index (κ2) is 8.17.